The quantitative estimate of drug-likeness (QED) is 0.285. The molecule has 31 heavy (non-hydrogen) atoms. The molecule has 0 saturated heterocycles. The molecular formula is C29H41NO. The van der Waals surface area contributed by atoms with Gasteiger partial charge < -0.3 is 4.74 Å². The molecule has 0 bridgehead atoms. The third kappa shape index (κ3) is 8.30. The van der Waals surface area contributed by atoms with Gasteiger partial charge in [-0.2, -0.15) is 5.26 Å². The summed E-state index contributed by atoms with van der Waals surface area (Å²) in [5.74, 6) is 2.38. The van der Waals surface area contributed by atoms with Crippen LogP contribution in [-0.4, -0.2) is 12.7 Å². The number of hydrogen-bond donors (Lipinski definition) is 0. The van der Waals surface area contributed by atoms with Crippen molar-refractivity contribution < 1.29 is 4.74 Å². The van der Waals surface area contributed by atoms with E-state index in [-0.39, 0.29) is 0 Å². The van der Waals surface area contributed by atoms with Crippen LogP contribution >= 0.6 is 0 Å². The highest BCUT2D eigenvalue weighted by Crippen LogP contribution is 2.36. The highest BCUT2D eigenvalue weighted by atomic mass is 16.5. The molecule has 0 atom stereocenters. The normalized spacial score (nSPS) is 27.0. The molecule has 2 fully saturated rings. The van der Waals surface area contributed by atoms with Crippen molar-refractivity contribution in [1.82, 2.24) is 0 Å². The van der Waals surface area contributed by atoms with Crippen molar-refractivity contribution >= 4 is 0 Å². The fraction of sp³-hybridized carbons (Fsp3) is 0.621. The predicted octanol–water partition coefficient (Wildman–Crippen LogP) is 7.90. The Labute approximate surface area is 190 Å². The van der Waals surface area contributed by atoms with Gasteiger partial charge in [-0.3, -0.25) is 0 Å². The van der Waals surface area contributed by atoms with Gasteiger partial charge in [0.25, 0.3) is 0 Å². The Morgan fingerprint density at radius 2 is 1.65 bits per heavy atom. The average molecular weight is 420 g/mol. The second-order valence-electron chi connectivity index (χ2n) is 9.68. The molecule has 2 nitrogen and oxygen atoms in total. The Bertz CT molecular complexity index is 710. The number of rotatable bonds is 10. The van der Waals surface area contributed by atoms with Crippen molar-refractivity contribution in [2.24, 2.45) is 11.8 Å². The molecule has 168 valence electrons. The molecule has 0 spiro atoms. The number of aryl methyl sites for hydroxylation is 1. The van der Waals surface area contributed by atoms with Gasteiger partial charge in [-0.1, -0.05) is 68.7 Å². The lowest BCUT2D eigenvalue weighted by Gasteiger charge is -2.32. The summed E-state index contributed by atoms with van der Waals surface area (Å²) < 4.78 is 6.38. The maximum atomic E-state index is 8.48. The van der Waals surface area contributed by atoms with Gasteiger partial charge in [0.05, 0.1) is 12.2 Å². The van der Waals surface area contributed by atoms with E-state index < -0.39 is 0 Å². The second kappa shape index (κ2) is 13.5. The van der Waals surface area contributed by atoms with Crippen LogP contribution in [0.15, 0.2) is 48.6 Å². The highest BCUT2D eigenvalue weighted by molar-refractivity contribution is 5.26. The van der Waals surface area contributed by atoms with Gasteiger partial charge in [0.2, 0.25) is 0 Å². The van der Waals surface area contributed by atoms with Crippen LogP contribution in [-0.2, 0) is 11.2 Å². The molecule has 0 N–H and O–H groups in total. The summed E-state index contributed by atoms with van der Waals surface area (Å²) in [7, 11) is 0. The molecule has 0 aliphatic heterocycles. The first-order valence-corrected chi connectivity index (χ1v) is 12.7. The maximum Gasteiger partial charge on any atom is 0.0912 e. The molecule has 2 heteroatoms. The van der Waals surface area contributed by atoms with Gasteiger partial charge in [0.15, 0.2) is 0 Å². The van der Waals surface area contributed by atoms with Crippen molar-refractivity contribution in [3.05, 3.63) is 59.7 Å². The molecule has 0 radical (unpaired) electrons. The minimum atomic E-state index is 0.486. The van der Waals surface area contributed by atoms with E-state index in [1.54, 1.807) is 0 Å². The van der Waals surface area contributed by atoms with Crippen LogP contribution < -0.4 is 0 Å². The second-order valence-corrected chi connectivity index (χ2v) is 9.68. The van der Waals surface area contributed by atoms with Crippen LogP contribution in [0, 0.1) is 23.2 Å². The van der Waals surface area contributed by atoms with Crippen LogP contribution in [0.25, 0.3) is 0 Å². The van der Waals surface area contributed by atoms with Crippen LogP contribution in [0.1, 0.15) is 94.6 Å². The third-order valence-corrected chi connectivity index (χ3v) is 7.36. The van der Waals surface area contributed by atoms with E-state index in [0.717, 1.165) is 30.8 Å². The van der Waals surface area contributed by atoms with Crippen molar-refractivity contribution in [2.45, 2.75) is 96.0 Å². The maximum absolute atomic E-state index is 8.48. The molecule has 0 unspecified atom stereocenters. The molecular weight excluding hydrogens is 378 g/mol. The van der Waals surface area contributed by atoms with Crippen molar-refractivity contribution in [1.29, 1.82) is 5.26 Å². The Morgan fingerprint density at radius 3 is 2.32 bits per heavy atom. The molecule has 1 aromatic carbocycles. The zero-order chi connectivity index (χ0) is 21.7. The van der Waals surface area contributed by atoms with E-state index in [1.807, 2.05) is 18.2 Å². The number of nitrogens with zero attached hydrogens (tertiary/aromatic N) is 1. The topological polar surface area (TPSA) is 33.0 Å². The summed E-state index contributed by atoms with van der Waals surface area (Å²) >= 11 is 0. The zero-order valence-electron chi connectivity index (χ0n) is 19.5. The van der Waals surface area contributed by atoms with Crippen LogP contribution in [0.3, 0.4) is 0 Å². The summed E-state index contributed by atoms with van der Waals surface area (Å²) in [5.41, 5.74) is 3.01. The van der Waals surface area contributed by atoms with Gasteiger partial charge in [-0.05, 0) is 86.7 Å². The van der Waals surface area contributed by atoms with Crippen LogP contribution in [0.4, 0.5) is 0 Å². The minimum Gasteiger partial charge on any atom is -0.378 e. The first-order valence-electron chi connectivity index (χ1n) is 12.7. The van der Waals surface area contributed by atoms with Crippen molar-refractivity contribution in [3.8, 4) is 6.07 Å². The summed E-state index contributed by atoms with van der Waals surface area (Å²) in [6, 6.07) is 11.4. The molecule has 3 rings (SSSR count). The van der Waals surface area contributed by atoms with Gasteiger partial charge in [-0.15, -0.1) is 0 Å². The van der Waals surface area contributed by atoms with E-state index >= 15 is 0 Å². The van der Waals surface area contributed by atoms with Gasteiger partial charge >= 0.3 is 0 Å². The lowest BCUT2D eigenvalue weighted by Crippen LogP contribution is -2.25. The lowest BCUT2D eigenvalue weighted by atomic mass is 9.80. The summed E-state index contributed by atoms with van der Waals surface area (Å²) in [6.45, 7) is 3.23. The van der Waals surface area contributed by atoms with E-state index in [0.29, 0.717) is 6.10 Å². The van der Waals surface area contributed by atoms with Gasteiger partial charge in [0.1, 0.15) is 0 Å². The van der Waals surface area contributed by atoms with Crippen LogP contribution in [0.5, 0.6) is 0 Å². The zero-order valence-corrected chi connectivity index (χ0v) is 19.5. The Hall–Kier alpha value is -1.85. The third-order valence-electron chi connectivity index (χ3n) is 7.36. The number of allylic oxidation sites excluding steroid dienone is 4. The SMILES string of the molecule is CCCc1ccc(C2CCC(OCC3CCC(CC/C=C/C=C/C#N)CC3)CC2)cc1. The van der Waals surface area contributed by atoms with Gasteiger partial charge in [-0.25, -0.2) is 0 Å². The van der Waals surface area contributed by atoms with E-state index in [9.17, 15) is 0 Å². The summed E-state index contributed by atoms with van der Waals surface area (Å²) in [5, 5.41) is 8.48. The van der Waals surface area contributed by atoms with Crippen LogP contribution in [0.2, 0.25) is 0 Å². The lowest BCUT2D eigenvalue weighted by molar-refractivity contribution is -0.00474. The number of nitriles is 1. The monoisotopic (exact) mass is 419 g/mol. The predicted molar refractivity (Wildman–Crippen MR) is 130 cm³/mol. The Morgan fingerprint density at radius 1 is 0.935 bits per heavy atom. The van der Waals surface area contributed by atoms with Crippen molar-refractivity contribution in [2.75, 3.05) is 6.61 Å². The molecule has 0 heterocycles. The highest BCUT2D eigenvalue weighted by Gasteiger charge is 2.25. The smallest absolute Gasteiger partial charge is 0.0912 e. The summed E-state index contributed by atoms with van der Waals surface area (Å²) in [6.07, 6.45) is 23.3. The molecule has 2 aliphatic rings. The van der Waals surface area contributed by atoms with E-state index in [1.165, 1.54) is 87.8 Å². The fourth-order valence-corrected chi connectivity index (χ4v) is 5.37. The van der Waals surface area contributed by atoms with Gasteiger partial charge in [0, 0.05) is 12.7 Å². The van der Waals surface area contributed by atoms with E-state index in [2.05, 4.69) is 37.3 Å². The largest absolute Gasteiger partial charge is 0.378 e. The molecule has 1 aromatic rings. The average Bonchev–Trinajstić information content (AvgIpc) is 2.82. The molecule has 0 amide bonds. The summed E-state index contributed by atoms with van der Waals surface area (Å²) in [4.78, 5) is 0. The number of hydrogen-bond acceptors (Lipinski definition) is 2. The molecule has 2 saturated carbocycles. The first-order chi connectivity index (χ1) is 15.3. The van der Waals surface area contributed by atoms with E-state index in [4.69, 9.17) is 10.00 Å². The Kier molecular flexibility index (Phi) is 10.4. The molecule has 2 aliphatic carbocycles. The Balaban J connectivity index is 1.28. The molecule has 0 aromatic heterocycles. The number of benzene rings is 1. The standard InChI is InChI=1S/C29H41NO/c1-2-8-24-14-16-27(17-15-24)28-18-20-29(21-19-28)31-23-26-12-10-25(11-13-26)9-6-4-3-5-7-22-30/h3-5,7,14-17,25-26,28-29H,2,6,8-13,18-21,23H2,1H3/b4-3+,7-5+. The fourth-order valence-electron chi connectivity index (χ4n) is 5.37. The first kappa shape index (κ1) is 23.8. The minimum absolute atomic E-state index is 0.486. The van der Waals surface area contributed by atoms with Crippen molar-refractivity contribution in [3.63, 3.8) is 0 Å². The number of ether oxygens (including phenoxy) is 1.